The highest BCUT2D eigenvalue weighted by Gasteiger charge is 2.69. The average molecular weight is 338 g/mol. The molecule has 2 heterocycles. The number of aliphatic hydroxyl groups is 2. The highest BCUT2D eigenvalue weighted by Crippen LogP contribution is 2.67. The summed E-state index contributed by atoms with van der Waals surface area (Å²) in [7, 11) is 0. The summed E-state index contributed by atoms with van der Waals surface area (Å²) in [4.78, 5) is 0. The summed E-state index contributed by atoms with van der Waals surface area (Å²) in [5.74, 6) is 1.26. The van der Waals surface area contributed by atoms with Crippen molar-refractivity contribution >= 4 is 0 Å². The van der Waals surface area contributed by atoms with Crippen LogP contribution in [0.3, 0.4) is 0 Å². The van der Waals surface area contributed by atoms with Crippen molar-refractivity contribution in [1.29, 1.82) is 0 Å². The Morgan fingerprint density at radius 1 is 0.958 bits per heavy atom. The maximum absolute atomic E-state index is 9.90. The second-order valence-corrected chi connectivity index (χ2v) is 10.0. The van der Waals surface area contributed by atoms with Gasteiger partial charge in [-0.3, -0.25) is 0 Å². The zero-order chi connectivity index (χ0) is 17.4. The molecule has 7 atom stereocenters. The maximum Gasteiger partial charge on any atom is 0.146 e. The zero-order valence-corrected chi connectivity index (χ0v) is 15.7. The minimum Gasteiger partial charge on any atom is -0.394 e. The van der Waals surface area contributed by atoms with E-state index in [0.29, 0.717) is 16.7 Å². The van der Waals surface area contributed by atoms with E-state index in [1.807, 2.05) is 0 Å². The minimum absolute atomic E-state index is 0.0330. The van der Waals surface area contributed by atoms with Crippen molar-refractivity contribution < 1.29 is 19.7 Å². The van der Waals surface area contributed by atoms with Crippen molar-refractivity contribution in [2.45, 2.75) is 89.6 Å². The number of fused-ring (bicyclic) bond motifs is 3. The number of hydrogen-bond acceptors (Lipinski definition) is 4. The molecule has 0 aromatic carbocycles. The molecule has 2 saturated carbocycles. The fraction of sp³-hybridized carbons (Fsp3) is 1.00. The lowest BCUT2D eigenvalue weighted by atomic mass is 9.45. The predicted molar refractivity (Wildman–Crippen MR) is 91.6 cm³/mol. The molecule has 0 aromatic heterocycles. The SMILES string of the molecule is CC1(C)CCC[C@]2(C)[C@H]3C[C@@H]([C@@]4(CO)O[C@@H]4CO)O[C@]3(C)CC[C@@H]12. The first-order valence-electron chi connectivity index (χ1n) is 9.79. The molecule has 2 aliphatic heterocycles. The molecule has 0 aromatic rings. The van der Waals surface area contributed by atoms with Crippen LogP contribution in [-0.2, 0) is 9.47 Å². The number of epoxide rings is 1. The number of ether oxygens (including phenoxy) is 2. The van der Waals surface area contributed by atoms with Gasteiger partial charge in [-0.05, 0) is 61.7 Å². The topological polar surface area (TPSA) is 62.2 Å². The van der Waals surface area contributed by atoms with Crippen LogP contribution in [0.5, 0.6) is 0 Å². The van der Waals surface area contributed by atoms with E-state index in [1.54, 1.807) is 0 Å². The maximum atomic E-state index is 9.90. The molecule has 0 spiro atoms. The molecule has 4 aliphatic rings. The molecular formula is C20H34O4. The molecule has 4 rings (SSSR count). The highest BCUT2D eigenvalue weighted by atomic mass is 16.7. The Bertz CT molecular complexity index is 520. The van der Waals surface area contributed by atoms with Gasteiger partial charge in [0.25, 0.3) is 0 Å². The summed E-state index contributed by atoms with van der Waals surface area (Å²) in [6, 6.07) is 0. The van der Waals surface area contributed by atoms with Crippen molar-refractivity contribution in [2.75, 3.05) is 13.2 Å². The Kier molecular flexibility index (Phi) is 3.73. The normalized spacial score (nSPS) is 55.8. The smallest absolute Gasteiger partial charge is 0.146 e. The lowest BCUT2D eigenvalue weighted by Crippen LogP contribution is -2.55. The van der Waals surface area contributed by atoms with Crippen molar-refractivity contribution in [3.8, 4) is 0 Å². The zero-order valence-electron chi connectivity index (χ0n) is 15.7. The summed E-state index contributed by atoms with van der Waals surface area (Å²) in [6.07, 6.45) is 6.86. The first-order valence-corrected chi connectivity index (χ1v) is 9.79. The quantitative estimate of drug-likeness (QED) is 0.777. The Hall–Kier alpha value is -0.160. The predicted octanol–water partition coefficient (Wildman–Crippen LogP) is 2.90. The fourth-order valence-electron chi connectivity index (χ4n) is 7.10. The number of hydrogen-bond donors (Lipinski definition) is 2. The average Bonchev–Trinajstić information content (AvgIpc) is 3.13. The fourth-order valence-corrected chi connectivity index (χ4v) is 7.10. The van der Waals surface area contributed by atoms with Gasteiger partial charge in [0.2, 0.25) is 0 Å². The third-order valence-electron chi connectivity index (χ3n) is 8.41. The molecule has 138 valence electrons. The van der Waals surface area contributed by atoms with Gasteiger partial charge in [-0.15, -0.1) is 0 Å². The molecule has 2 saturated heterocycles. The van der Waals surface area contributed by atoms with Gasteiger partial charge in [-0.1, -0.05) is 27.2 Å². The third kappa shape index (κ3) is 2.12. The van der Waals surface area contributed by atoms with Crippen LogP contribution in [0.1, 0.15) is 66.2 Å². The van der Waals surface area contributed by atoms with Gasteiger partial charge in [0.05, 0.1) is 24.9 Å². The second-order valence-electron chi connectivity index (χ2n) is 10.0. The van der Waals surface area contributed by atoms with Crippen molar-refractivity contribution in [1.82, 2.24) is 0 Å². The van der Waals surface area contributed by atoms with Gasteiger partial charge in [0, 0.05) is 0 Å². The van der Waals surface area contributed by atoms with Gasteiger partial charge in [0.1, 0.15) is 11.7 Å². The summed E-state index contributed by atoms with van der Waals surface area (Å²) < 4.78 is 12.3. The molecule has 0 unspecified atom stereocenters. The van der Waals surface area contributed by atoms with Crippen LogP contribution in [0, 0.1) is 22.7 Å². The number of rotatable bonds is 3. The largest absolute Gasteiger partial charge is 0.394 e. The van der Waals surface area contributed by atoms with Crippen LogP contribution < -0.4 is 0 Å². The van der Waals surface area contributed by atoms with Crippen LogP contribution in [0.15, 0.2) is 0 Å². The van der Waals surface area contributed by atoms with Crippen molar-refractivity contribution in [2.24, 2.45) is 22.7 Å². The molecule has 2 aliphatic carbocycles. The van der Waals surface area contributed by atoms with Crippen LogP contribution in [0.25, 0.3) is 0 Å². The van der Waals surface area contributed by atoms with Crippen LogP contribution >= 0.6 is 0 Å². The molecule has 4 nitrogen and oxygen atoms in total. The van der Waals surface area contributed by atoms with E-state index in [4.69, 9.17) is 9.47 Å². The molecule has 0 amide bonds. The first-order chi connectivity index (χ1) is 11.2. The summed E-state index contributed by atoms with van der Waals surface area (Å²) in [5.41, 5.74) is -0.0584. The second kappa shape index (κ2) is 5.18. The molecular weight excluding hydrogens is 304 g/mol. The van der Waals surface area contributed by atoms with Crippen LogP contribution in [0.2, 0.25) is 0 Å². The highest BCUT2D eigenvalue weighted by molar-refractivity contribution is 5.17. The molecule has 4 heteroatoms. The molecule has 0 bridgehead atoms. The summed E-state index contributed by atoms with van der Waals surface area (Å²) in [5, 5.41) is 19.4. The van der Waals surface area contributed by atoms with E-state index in [1.165, 1.54) is 25.7 Å². The van der Waals surface area contributed by atoms with Crippen molar-refractivity contribution in [3.63, 3.8) is 0 Å². The Morgan fingerprint density at radius 2 is 1.71 bits per heavy atom. The van der Waals surface area contributed by atoms with E-state index < -0.39 is 5.60 Å². The third-order valence-corrected chi connectivity index (χ3v) is 8.41. The van der Waals surface area contributed by atoms with E-state index in [9.17, 15) is 10.2 Å². The van der Waals surface area contributed by atoms with E-state index in [2.05, 4.69) is 27.7 Å². The molecule has 2 N–H and O–H groups in total. The van der Waals surface area contributed by atoms with Gasteiger partial charge in [-0.25, -0.2) is 0 Å². The molecule has 24 heavy (non-hydrogen) atoms. The summed E-state index contributed by atoms with van der Waals surface area (Å²) in [6.45, 7) is 9.58. The first kappa shape index (κ1) is 17.3. The van der Waals surface area contributed by atoms with E-state index >= 15 is 0 Å². The lowest BCUT2D eigenvalue weighted by molar-refractivity contribution is -0.161. The van der Waals surface area contributed by atoms with Crippen LogP contribution in [0.4, 0.5) is 0 Å². The Balaban J connectivity index is 1.63. The minimum atomic E-state index is -0.662. The van der Waals surface area contributed by atoms with E-state index in [-0.39, 0.29) is 31.0 Å². The Morgan fingerprint density at radius 3 is 2.33 bits per heavy atom. The Labute approximate surface area is 145 Å². The standard InChI is InChI=1S/C20H34O4/c1-17(2)7-5-8-18(3)13(17)6-9-19(4)14(18)10-15(23-19)20(12-22)16(11-21)24-20/h13-16,21-22H,5-12H2,1-4H3/t13-,14+,15-,16+,18-,19+,20+/m0/s1. The lowest BCUT2D eigenvalue weighted by Gasteiger charge is -2.60. The number of aliphatic hydroxyl groups excluding tert-OH is 2. The van der Waals surface area contributed by atoms with Gasteiger partial charge in [0.15, 0.2) is 0 Å². The monoisotopic (exact) mass is 338 g/mol. The molecule has 4 fully saturated rings. The van der Waals surface area contributed by atoms with Gasteiger partial charge in [-0.2, -0.15) is 0 Å². The van der Waals surface area contributed by atoms with Crippen molar-refractivity contribution in [3.05, 3.63) is 0 Å². The van der Waals surface area contributed by atoms with E-state index in [0.717, 1.165) is 18.8 Å². The van der Waals surface area contributed by atoms with Gasteiger partial charge < -0.3 is 19.7 Å². The summed E-state index contributed by atoms with van der Waals surface area (Å²) >= 11 is 0. The molecule has 0 radical (unpaired) electrons. The van der Waals surface area contributed by atoms with Gasteiger partial charge >= 0.3 is 0 Å². The van der Waals surface area contributed by atoms with Crippen LogP contribution in [-0.4, -0.2) is 46.8 Å².